The second-order valence-electron chi connectivity index (χ2n) is 4.29. The van der Waals surface area contributed by atoms with Gasteiger partial charge in [-0.15, -0.1) is 0 Å². The lowest BCUT2D eigenvalue weighted by atomic mass is 10.0. The quantitative estimate of drug-likeness (QED) is 0.843. The van der Waals surface area contributed by atoms with Crippen LogP contribution in [0.5, 0.6) is 0 Å². The maximum atomic E-state index is 4.47. The van der Waals surface area contributed by atoms with Crippen LogP contribution < -0.4 is 5.32 Å². The van der Waals surface area contributed by atoms with Gasteiger partial charge in [-0.3, -0.25) is 4.99 Å². The molecule has 1 heterocycles. The summed E-state index contributed by atoms with van der Waals surface area (Å²) in [5.41, 5.74) is 2.52. The SMILES string of the molecule is CC(C)c1cccc(NC2=NCCCS2)c1. The zero-order valence-electron chi connectivity index (χ0n) is 9.86. The van der Waals surface area contributed by atoms with E-state index >= 15 is 0 Å². The summed E-state index contributed by atoms with van der Waals surface area (Å²) in [6.45, 7) is 5.39. The van der Waals surface area contributed by atoms with E-state index < -0.39 is 0 Å². The first-order valence-corrected chi connectivity index (χ1v) is 6.78. The lowest BCUT2D eigenvalue weighted by molar-refractivity contribution is 0.867. The van der Waals surface area contributed by atoms with Crippen molar-refractivity contribution in [3.05, 3.63) is 29.8 Å². The Hall–Kier alpha value is -0.960. The van der Waals surface area contributed by atoms with E-state index in [9.17, 15) is 0 Å². The number of aliphatic imine (C=N–C) groups is 1. The molecular weight excluding hydrogens is 216 g/mol. The van der Waals surface area contributed by atoms with Crippen LogP contribution in [0.3, 0.4) is 0 Å². The molecule has 0 saturated heterocycles. The van der Waals surface area contributed by atoms with Crippen LogP contribution in [-0.4, -0.2) is 17.5 Å². The highest BCUT2D eigenvalue weighted by Gasteiger charge is 2.06. The molecule has 2 rings (SSSR count). The average molecular weight is 234 g/mol. The van der Waals surface area contributed by atoms with Gasteiger partial charge in [-0.25, -0.2) is 0 Å². The fraction of sp³-hybridized carbons (Fsp3) is 0.462. The van der Waals surface area contributed by atoms with Crippen molar-refractivity contribution in [3.63, 3.8) is 0 Å². The number of rotatable bonds is 2. The standard InChI is InChI=1S/C13H18N2S/c1-10(2)11-5-3-6-12(9-11)15-13-14-7-4-8-16-13/h3,5-6,9-10H,4,7-8H2,1-2H3,(H,14,15). The van der Waals surface area contributed by atoms with E-state index in [4.69, 9.17) is 0 Å². The molecule has 86 valence electrons. The van der Waals surface area contributed by atoms with Crippen molar-refractivity contribution in [2.45, 2.75) is 26.2 Å². The molecule has 2 nitrogen and oxygen atoms in total. The van der Waals surface area contributed by atoms with Crippen molar-refractivity contribution < 1.29 is 0 Å². The molecule has 0 atom stereocenters. The first kappa shape index (κ1) is 11.5. The number of thioether (sulfide) groups is 1. The number of hydrogen-bond donors (Lipinski definition) is 1. The van der Waals surface area contributed by atoms with Crippen LogP contribution in [0.1, 0.15) is 31.7 Å². The Bertz CT molecular complexity index is 385. The molecule has 0 amide bonds. The highest BCUT2D eigenvalue weighted by atomic mass is 32.2. The fourth-order valence-electron chi connectivity index (χ4n) is 1.63. The Kier molecular flexibility index (Phi) is 3.88. The number of amidine groups is 1. The second kappa shape index (κ2) is 5.39. The van der Waals surface area contributed by atoms with Crippen LogP contribution in [0.15, 0.2) is 29.3 Å². The van der Waals surface area contributed by atoms with Crippen LogP contribution in [0.25, 0.3) is 0 Å². The summed E-state index contributed by atoms with van der Waals surface area (Å²) in [5.74, 6) is 1.75. The summed E-state index contributed by atoms with van der Waals surface area (Å²) in [7, 11) is 0. The first-order chi connectivity index (χ1) is 7.75. The zero-order chi connectivity index (χ0) is 11.4. The largest absolute Gasteiger partial charge is 0.335 e. The molecule has 0 fully saturated rings. The Labute approximate surface area is 102 Å². The van der Waals surface area contributed by atoms with Gasteiger partial charge in [0.05, 0.1) is 0 Å². The predicted octanol–water partition coefficient (Wildman–Crippen LogP) is 3.71. The highest BCUT2D eigenvalue weighted by molar-refractivity contribution is 8.14. The molecule has 0 aliphatic carbocycles. The molecular formula is C13H18N2S. The van der Waals surface area contributed by atoms with Gasteiger partial charge in [-0.05, 0) is 30.0 Å². The van der Waals surface area contributed by atoms with Gasteiger partial charge in [0, 0.05) is 18.0 Å². The number of anilines is 1. The summed E-state index contributed by atoms with van der Waals surface area (Å²) in [6.07, 6.45) is 1.20. The molecule has 0 unspecified atom stereocenters. The van der Waals surface area contributed by atoms with Crippen molar-refractivity contribution in [3.8, 4) is 0 Å². The van der Waals surface area contributed by atoms with Crippen molar-refractivity contribution >= 4 is 22.6 Å². The maximum Gasteiger partial charge on any atom is 0.161 e. The predicted molar refractivity (Wildman–Crippen MR) is 73.5 cm³/mol. The summed E-state index contributed by atoms with van der Waals surface area (Å²) in [5, 5.41) is 4.45. The van der Waals surface area contributed by atoms with Crippen LogP contribution in [-0.2, 0) is 0 Å². The summed E-state index contributed by atoms with van der Waals surface area (Å²) < 4.78 is 0. The Balaban J connectivity index is 2.09. The molecule has 1 aliphatic rings. The number of nitrogens with one attached hydrogen (secondary N) is 1. The molecule has 1 aliphatic heterocycles. The fourth-order valence-corrected chi connectivity index (χ4v) is 2.47. The van der Waals surface area contributed by atoms with E-state index in [-0.39, 0.29) is 0 Å². The minimum atomic E-state index is 0.572. The van der Waals surface area contributed by atoms with Gasteiger partial charge >= 0.3 is 0 Å². The van der Waals surface area contributed by atoms with Crippen LogP contribution in [0.2, 0.25) is 0 Å². The third kappa shape index (κ3) is 3.01. The summed E-state index contributed by atoms with van der Waals surface area (Å²) >= 11 is 1.81. The maximum absolute atomic E-state index is 4.47. The van der Waals surface area contributed by atoms with E-state index in [0.717, 1.165) is 17.4 Å². The lowest BCUT2D eigenvalue weighted by Gasteiger charge is -2.14. The highest BCUT2D eigenvalue weighted by Crippen LogP contribution is 2.20. The van der Waals surface area contributed by atoms with Gasteiger partial charge < -0.3 is 5.32 Å². The minimum absolute atomic E-state index is 0.572. The van der Waals surface area contributed by atoms with E-state index in [0.29, 0.717) is 5.92 Å². The molecule has 16 heavy (non-hydrogen) atoms. The van der Waals surface area contributed by atoms with Crippen molar-refractivity contribution in [1.82, 2.24) is 0 Å². The third-order valence-corrected chi connectivity index (χ3v) is 3.60. The number of hydrogen-bond acceptors (Lipinski definition) is 3. The average Bonchev–Trinajstić information content (AvgIpc) is 2.30. The Morgan fingerprint density at radius 3 is 2.94 bits per heavy atom. The smallest absolute Gasteiger partial charge is 0.161 e. The summed E-state index contributed by atoms with van der Waals surface area (Å²) in [4.78, 5) is 4.47. The number of nitrogens with zero attached hydrogens (tertiary/aromatic N) is 1. The molecule has 1 aromatic carbocycles. The molecule has 0 radical (unpaired) electrons. The van der Waals surface area contributed by atoms with Crippen LogP contribution >= 0.6 is 11.8 Å². The summed E-state index contributed by atoms with van der Waals surface area (Å²) in [6, 6.07) is 8.59. The molecule has 1 N–H and O–H groups in total. The normalized spacial score (nSPS) is 16.1. The first-order valence-electron chi connectivity index (χ1n) is 5.80. The second-order valence-corrected chi connectivity index (χ2v) is 5.38. The Morgan fingerprint density at radius 2 is 2.25 bits per heavy atom. The lowest BCUT2D eigenvalue weighted by Crippen LogP contribution is -2.13. The topological polar surface area (TPSA) is 24.4 Å². The molecule has 0 bridgehead atoms. The number of benzene rings is 1. The van der Waals surface area contributed by atoms with E-state index in [2.05, 4.69) is 48.4 Å². The Morgan fingerprint density at radius 1 is 1.38 bits per heavy atom. The zero-order valence-corrected chi connectivity index (χ0v) is 10.7. The monoisotopic (exact) mass is 234 g/mol. The minimum Gasteiger partial charge on any atom is -0.335 e. The van der Waals surface area contributed by atoms with Gasteiger partial charge in [0.1, 0.15) is 0 Å². The third-order valence-electron chi connectivity index (χ3n) is 2.60. The van der Waals surface area contributed by atoms with Crippen molar-refractivity contribution in [2.75, 3.05) is 17.6 Å². The van der Waals surface area contributed by atoms with Crippen LogP contribution in [0.4, 0.5) is 5.69 Å². The van der Waals surface area contributed by atoms with Gasteiger partial charge in [0.2, 0.25) is 0 Å². The molecule has 1 aromatic rings. The van der Waals surface area contributed by atoms with E-state index in [1.54, 1.807) is 0 Å². The van der Waals surface area contributed by atoms with Crippen LogP contribution in [0, 0.1) is 0 Å². The van der Waals surface area contributed by atoms with E-state index in [1.165, 1.54) is 17.7 Å². The van der Waals surface area contributed by atoms with Gasteiger partial charge in [0.15, 0.2) is 5.17 Å². The van der Waals surface area contributed by atoms with Gasteiger partial charge in [0.25, 0.3) is 0 Å². The van der Waals surface area contributed by atoms with Gasteiger partial charge in [-0.2, -0.15) is 0 Å². The molecule has 3 heteroatoms. The van der Waals surface area contributed by atoms with Crippen molar-refractivity contribution in [2.24, 2.45) is 4.99 Å². The molecule has 0 aromatic heterocycles. The molecule has 0 saturated carbocycles. The van der Waals surface area contributed by atoms with Gasteiger partial charge in [-0.1, -0.05) is 37.7 Å². The van der Waals surface area contributed by atoms with Crippen molar-refractivity contribution in [1.29, 1.82) is 0 Å². The van der Waals surface area contributed by atoms with E-state index in [1.807, 2.05) is 11.8 Å². The molecule has 0 spiro atoms.